The van der Waals surface area contributed by atoms with Crippen LogP contribution in [-0.2, 0) is 14.4 Å². The molecule has 42 nitrogen and oxygen atoms in total. The van der Waals surface area contributed by atoms with Gasteiger partial charge >= 0.3 is 0 Å². The van der Waals surface area contributed by atoms with Crippen molar-refractivity contribution in [2.24, 2.45) is 17.8 Å². The van der Waals surface area contributed by atoms with Gasteiger partial charge in [-0.15, -0.1) is 0 Å². The number of nitrogens with one attached hydrogen (secondary N) is 12. The predicted molar refractivity (Wildman–Crippen MR) is 495 cm³/mol. The molecule has 11 fully saturated rings. The fourth-order valence-electron chi connectivity index (χ4n) is 16.9. The van der Waals surface area contributed by atoms with E-state index in [1.165, 1.54) is 94.5 Å². The van der Waals surface area contributed by atoms with Crippen molar-refractivity contribution in [2.75, 3.05) is 91.4 Å². The first-order valence-corrected chi connectivity index (χ1v) is 47.6. The molecule has 6 saturated heterocycles. The SMILES string of the molecule is CC(C)c1cc(C(=O)N2CCC(NC(=O)c3cnccn3)C2)n[nH]1.CC(C)c1cc(C(=O)N2CCC(NC(=O)c3ncccn3)C2)n[nH]1.COc1cccc(F)c1C(=O)NC1CCN(C(=O)c2cc(C(C)C)[nH]n2)C1.Nc1cc(C(=O)N2CCC(NC(=O)C3CC3)C2)[nH]n1.O=C(NC1CCN(C(=O)c2cc(C3CC3)[nH]n2)C1)C1CC1.O=C(NC1CCN(C(=O)c2cc(C3CCC3)[nH]n2)C1)C1CC1. The zero-order valence-corrected chi connectivity index (χ0v) is 78.2. The highest BCUT2D eigenvalue weighted by Crippen LogP contribution is 2.40. The summed E-state index contributed by atoms with van der Waals surface area (Å²) in [6.07, 6.45) is 24.0. The summed E-state index contributed by atoms with van der Waals surface area (Å²) in [4.78, 5) is 173. The number of nitrogens with zero attached hydrogens (tertiary/aromatic N) is 16. The quantitative estimate of drug-likeness (QED) is 0.0309. The van der Waals surface area contributed by atoms with E-state index >= 15 is 0 Å². The first kappa shape index (κ1) is 97.4. The van der Waals surface area contributed by atoms with Gasteiger partial charge < -0.3 is 71.8 Å². The molecular weight excluding hydrogens is 1760 g/mol. The molecule has 5 saturated carbocycles. The number of aromatic amines is 6. The van der Waals surface area contributed by atoms with Gasteiger partial charge in [-0.3, -0.25) is 93.1 Å². The van der Waals surface area contributed by atoms with E-state index in [4.69, 9.17) is 10.5 Å². The number of aromatic nitrogens is 16. The van der Waals surface area contributed by atoms with Crippen LogP contribution in [0.25, 0.3) is 0 Å². The van der Waals surface area contributed by atoms with Gasteiger partial charge in [-0.05, 0) is 169 Å². The highest BCUT2D eigenvalue weighted by molar-refractivity contribution is 5.99. The molecule has 1 aromatic carbocycles. The Morgan fingerprint density at radius 3 is 1.08 bits per heavy atom. The Bertz CT molecular complexity index is 5630. The van der Waals surface area contributed by atoms with Crippen molar-refractivity contribution in [3.05, 3.63) is 177 Å². The van der Waals surface area contributed by atoms with Crippen molar-refractivity contribution in [2.45, 2.75) is 217 Å². The molecule has 6 unspecified atom stereocenters. The second-order valence-corrected chi connectivity index (χ2v) is 37.8. The van der Waals surface area contributed by atoms with Gasteiger partial charge in [-0.25, -0.2) is 19.3 Å². The Balaban J connectivity index is 0.000000125. The van der Waals surface area contributed by atoms with Crippen LogP contribution in [0.2, 0.25) is 0 Å². The standard InChI is InChI=1S/C19H23FN4O3.2C16H20N6O2.C16H22N4O2.C15H20N4O2.C12H17N5O2/c1-11(2)14-9-15(23-22-14)19(26)24-8-7-12(10-24)21-18(25)17-13(20)5-4-6-16(17)27-3;1-10(2)12-7-13(21-20-12)16(24)22-6-3-11(9-22)19-15(23)14-8-17-4-5-18-14;1-10(2)12-8-13(21-20-12)16(24)22-7-4-11(9-22)19-15(23)14-17-5-3-6-18-14;21-15(11-4-5-11)17-12-6-7-20(9-12)16(22)14-8-13(18-19-14)10-2-1-3-10;20-14(10-3-4-10)16-11-5-6-19(8-11)15(21)13-7-12(17-18-13)9-1-2-9;13-10-5-9(15-16-10)12(19)17-4-3-8(6-17)14-11(18)7-1-2-7/h4-6,9,11-12H,7-8,10H2,1-3H3,(H,21,25)(H,22,23);4-5,7-8,10-11H,3,6,9H2,1-2H3,(H,19,23)(H,20,21);3,5-6,8,10-11H,4,7,9H2,1-2H3,(H,19,23)(H,20,21);8,10-12H,1-7,9H2,(H,17,21)(H,18,19);7,9-11H,1-6,8H2,(H,16,20)(H,17,18);5,7-8H,1-4,6H2,(H,14,18)(H3,13,15,16). The van der Waals surface area contributed by atoms with Gasteiger partial charge in [-0.2, -0.15) is 30.6 Å². The fourth-order valence-corrected chi connectivity index (χ4v) is 16.9. The minimum atomic E-state index is -0.643. The first-order valence-electron chi connectivity index (χ1n) is 47.6. The van der Waals surface area contributed by atoms with Crippen LogP contribution in [0.3, 0.4) is 0 Å². The van der Waals surface area contributed by atoms with Crippen LogP contribution in [0.1, 0.15) is 303 Å². The molecule has 0 spiro atoms. The van der Waals surface area contributed by atoms with E-state index in [1.807, 2.05) is 53.7 Å². The number of hydrogen-bond donors (Lipinski definition) is 13. The number of methoxy groups -OCH3 is 1. The van der Waals surface area contributed by atoms with E-state index < -0.39 is 11.7 Å². The maximum Gasteiger partial charge on any atom is 0.289 e. The van der Waals surface area contributed by atoms with Crippen LogP contribution in [0.4, 0.5) is 10.2 Å². The normalized spacial score (nSPS) is 20.3. The molecule has 6 atom stereocenters. The van der Waals surface area contributed by atoms with Gasteiger partial charge in [0.25, 0.3) is 53.2 Å². The van der Waals surface area contributed by atoms with Gasteiger partial charge in [0.05, 0.1) is 13.3 Å². The van der Waals surface area contributed by atoms with E-state index in [0.717, 1.165) is 86.3 Å². The van der Waals surface area contributed by atoms with Crippen molar-refractivity contribution < 1.29 is 66.7 Å². The number of likely N-dealkylation sites (tertiary alicyclic amines) is 6. The van der Waals surface area contributed by atoms with E-state index in [1.54, 1.807) is 53.7 Å². The van der Waals surface area contributed by atoms with Crippen LogP contribution in [0.15, 0.2) is 91.6 Å². The molecule has 6 aliphatic heterocycles. The maximum absolute atomic E-state index is 14.0. The minimum Gasteiger partial charge on any atom is -0.496 e. The number of ether oxygens (including phenoxy) is 1. The summed E-state index contributed by atoms with van der Waals surface area (Å²) in [5.41, 5.74) is 13.2. The lowest BCUT2D eigenvalue weighted by Gasteiger charge is -2.23. The maximum atomic E-state index is 14.0. The molecule has 14 heterocycles. The number of amides is 12. The fraction of sp³-hybridized carbons (Fsp3) is 0.532. The Morgan fingerprint density at radius 2 is 0.745 bits per heavy atom. The van der Waals surface area contributed by atoms with Crippen LogP contribution < -0.4 is 42.4 Å². The predicted octanol–water partition coefficient (Wildman–Crippen LogP) is 6.44. The average molecular weight is 1890 g/mol. The smallest absolute Gasteiger partial charge is 0.289 e. The second-order valence-electron chi connectivity index (χ2n) is 37.8. The molecule has 8 aromatic heterocycles. The molecule has 137 heavy (non-hydrogen) atoms. The summed E-state index contributed by atoms with van der Waals surface area (Å²) in [5.74, 6) is 1.30. The topological polar surface area (TPSA) is 555 Å². The summed E-state index contributed by atoms with van der Waals surface area (Å²) in [7, 11) is 1.39. The highest BCUT2D eigenvalue weighted by Gasteiger charge is 2.41. The van der Waals surface area contributed by atoms with Crippen LogP contribution in [0, 0.1) is 23.6 Å². The first-order chi connectivity index (χ1) is 66.0. The monoisotopic (exact) mass is 1880 g/mol. The molecule has 14 N–H and O–H groups in total. The van der Waals surface area contributed by atoms with Crippen LogP contribution in [0.5, 0.6) is 5.75 Å². The van der Waals surface area contributed by atoms with Gasteiger partial charge in [0.15, 0.2) is 0 Å². The number of nitrogen functional groups attached to an aromatic ring is 1. The molecule has 0 radical (unpaired) electrons. The number of anilines is 1. The number of carbonyl (C=O) groups excluding carboxylic acids is 12. The summed E-state index contributed by atoms with van der Waals surface area (Å²) in [6, 6.07) is 16.4. The third-order valence-electron chi connectivity index (χ3n) is 26.1. The van der Waals surface area contributed by atoms with Gasteiger partial charge in [0, 0.05) is 204 Å². The minimum absolute atomic E-state index is 0.0232. The Morgan fingerprint density at radius 1 is 0.380 bits per heavy atom. The van der Waals surface area contributed by atoms with E-state index in [2.05, 4.69) is 113 Å². The van der Waals surface area contributed by atoms with Crippen LogP contribution in [-0.4, -0.2) is 303 Å². The molecule has 9 aromatic rings. The number of carbonyl (C=O) groups is 12. The molecule has 11 aliphatic rings. The average Bonchev–Trinajstić information content (AvgIpc) is 1.67. The summed E-state index contributed by atoms with van der Waals surface area (Å²) >= 11 is 0. The van der Waals surface area contributed by atoms with E-state index in [0.29, 0.717) is 150 Å². The lowest BCUT2D eigenvalue weighted by molar-refractivity contribution is -0.123. The summed E-state index contributed by atoms with van der Waals surface area (Å²) in [5, 5.41) is 59.2. The molecule has 43 heteroatoms. The Hall–Kier alpha value is -14.2. The molecule has 20 rings (SSSR count). The molecular formula is C94H122FN29O13. The Labute approximate surface area is 790 Å². The zero-order chi connectivity index (χ0) is 96.7. The number of H-pyrrole nitrogens is 6. The number of rotatable bonds is 24. The van der Waals surface area contributed by atoms with E-state index in [9.17, 15) is 61.9 Å². The van der Waals surface area contributed by atoms with Crippen molar-refractivity contribution in [3.63, 3.8) is 0 Å². The van der Waals surface area contributed by atoms with Crippen molar-refractivity contribution >= 4 is 76.7 Å². The molecule has 728 valence electrons. The number of benzene rings is 1. The third kappa shape index (κ3) is 25.9. The second kappa shape index (κ2) is 44.5. The summed E-state index contributed by atoms with van der Waals surface area (Å²) in [6.45, 7) is 18.9. The Kier molecular flexibility index (Phi) is 31.6. The van der Waals surface area contributed by atoms with Gasteiger partial charge in [0.2, 0.25) is 23.5 Å². The number of hydrogen-bond acceptors (Lipinski definition) is 24. The molecule has 0 bridgehead atoms. The largest absolute Gasteiger partial charge is 0.496 e. The number of nitrogens with two attached hydrogens (primary N) is 1. The van der Waals surface area contributed by atoms with Crippen molar-refractivity contribution in [1.82, 2.24) is 142 Å². The molecule has 5 aliphatic carbocycles. The molecule has 12 amide bonds. The summed E-state index contributed by atoms with van der Waals surface area (Å²) < 4.78 is 19.1. The number of halogens is 1. The van der Waals surface area contributed by atoms with Crippen LogP contribution >= 0.6 is 0 Å². The zero-order valence-electron chi connectivity index (χ0n) is 78.2. The lowest BCUT2D eigenvalue weighted by atomic mass is 9.83. The van der Waals surface area contributed by atoms with Crippen molar-refractivity contribution in [3.8, 4) is 5.75 Å². The lowest BCUT2D eigenvalue weighted by Crippen LogP contribution is -2.39. The van der Waals surface area contributed by atoms with Gasteiger partial charge in [-0.1, -0.05) is 54.0 Å². The van der Waals surface area contributed by atoms with E-state index in [-0.39, 0.29) is 160 Å². The van der Waals surface area contributed by atoms with Crippen molar-refractivity contribution in [1.29, 1.82) is 0 Å². The third-order valence-corrected chi connectivity index (χ3v) is 26.1. The highest BCUT2D eigenvalue weighted by atomic mass is 19.1. The van der Waals surface area contributed by atoms with Gasteiger partial charge in [0.1, 0.15) is 62.8 Å².